The smallest absolute Gasteiger partial charge is 0.237 e. The Kier molecular flexibility index (Phi) is 3.57. The van der Waals surface area contributed by atoms with E-state index in [4.69, 9.17) is 5.73 Å². The van der Waals surface area contributed by atoms with Crippen LogP contribution in [0.2, 0.25) is 0 Å². The first-order chi connectivity index (χ1) is 8.48. The van der Waals surface area contributed by atoms with E-state index in [1.807, 2.05) is 0 Å². The lowest BCUT2D eigenvalue weighted by Gasteiger charge is -2.39. The number of hydrogen-bond donors (Lipinski definition) is 3. The summed E-state index contributed by atoms with van der Waals surface area (Å²) >= 11 is 0. The molecule has 1 aliphatic rings. The molecule has 98 valence electrons. The Morgan fingerprint density at radius 3 is 2.56 bits per heavy atom. The van der Waals surface area contributed by atoms with Gasteiger partial charge in [-0.1, -0.05) is 12.1 Å². The lowest BCUT2D eigenvalue weighted by molar-refractivity contribution is -0.125. The van der Waals surface area contributed by atoms with Crippen molar-refractivity contribution in [2.75, 3.05) is 0 Å². The number of phenols is 1. The number of aromatic hydroxyl groups is 1. The summed E-state index contributed by atoms with van der Waals surface area (Å²) in [5.41, 5.74) is 6.80. The van der Waals surface area contributed by atoms with Crippen LogP contribution >= 0.6 is 0 Å². The van der Waals surface area contributed by atoms with E-state index in [0.29, 0.717) is 6.42 Å². The van der Waals surface area contributed by atoms with Crippen LogP contribution in [-0.2, 0) is 11.2 Å². The molecule has 0 spiro atoms. The van der Waals surface area contributed by atoms with Gasteiger partial charge >= 0.3 is 0 Å². The summed E-state index contributed by atoms with van der Waals surface area (Å²) in [6, 6.07) is 6.24. The third kappa shape index (κ3) is 3.01. The van der Waals surface area contributed by atoms with Gasteiger partial charge in [0.05, 0.1) is 6.04 Å². The lowest BCUT2D eigenvalue weighted by Crippen LogP contribution is -2.55. The van der Waals surface area contributed by atoms with Crippen molar-refractivity contribution < 1.29 is 9.90 Å². The van der Waals surface area contributed by atoms with E-state index in [1.54, 1.807) is 24.3 Å². The molecule has 2 rings (SSSR count). The highest BCUT2D eigenvalue weighted by Crippen LogP contribution is 2.30. The van der Waals surface area contributed by atoms with Gasteiger partial charge in [-0.25, -0.2) is 0 Å². The number of nitrogens with two attached hydrogens (primary N) is 1. The van der Waals surface area contributed by atoms with Crippen LogP contribution in [-0.4, -0.2) is 22.6 Å². The van der Waals surface area contributed by atoms with Crippen LogP contribution in [0.4, 0.5) is 0 Å². The number of hydrogen-bond acceptors (Lipinski definition) is 3. The zero-order chi connectivity index (χ0) is 13.2. The predicted octanol–water partition coefficient (Wildman–Crippen LogP) is 1.32. The first-order valence-electron chi connectivity index (χ1n) is 6.34. The number of carbonyl (C=O) groups excluding carboxylic acids is 1. The van der Waals surface area contributed by atoms with E-state index in [-0.39, 0.29) is 17.2 Å². The fourth-order valence-electron chi connectivity index (χ4n) is 2.20. The SMILES string of the molecule is CC1(NC(=O)[C@H](N)Cc2ccc(O)cc2)CCC1. The quantitative estimate of drug-likeness (QED) is 0.752. The van der Waals surface area contributed by atoms with Crippen molar-refractivity contribution in [3.63, 3.8) is 0 Å². The number of phenolic OH excluding ortho intramolecular Hbond substituents is 1. The van der Waals surface area contributed by atoms with Crippen LogP contribution in [0.1, 0.15) is 31.7 Å². The Balaban J connectivity index is 1.88. The molecular weight excluding hydrogens is 228 g/mol. The average Bonchev–Trinajstić information content (AvgIpc) is 2.30. The Hall–Kier alpha value is -1.55. The maximum atomic E-state index is 11.9. The summed E-state index contributed by atoms with van der Waals surface area (Å²) in [7, 11) is 0. The van der Waals surface area contributed by atoms with Crippen LogP contribution in [0.5, 0.6) is 5.75 Å². The molecule has 1 amide bonds. The monoisotopic (exact) mass is 248 g/mol. The normalized spacial score (nSPS) is 18.8. The molecule has 4 heteroatoms. The molecule has 4 nitrogen and oxygen atoms in total. The third-order valence-corrected chi connectivity index (χ3v) is 3.61. The summed E-state index contributed by atoms with van der Waals surface area (Å²) in [5, 5.41) is 12.2. The summed E-state index contributed by atoms with van der Waals surface area (Å²) in [6.45, 7) is 2.06. The highest BCUT2D eigenvalue weighted by Gasteiger charge is 2.34. The largest absolute Gasteiger partial charge is 0.508 e. The van der Waals surface area contributed by atoms with Crippen LogP contribution < -0.4 is 11.1 Å². The van der Waals surface area contributed by atoms with Gasteiger partial charge in [0.25, 0.3) is 0 Å². The van der Waals surface area contributed by atoms with Crippen LogP contribution in [0.3, 0.4) is 0 Å². The number of benzene rings is 1. The van der Waals surface area contributed by atoms with Gasteiger partial charge in [-0.05, 0) is 50.3 Å². The van der Waals surface area contributed by atoms with Crippen LogP contribution in [0.25, 0.3) is 0 Å². The van der Waals surface area contributed by atoms with Crippen LogP contribution in [0.15, 0.2) is 24.3 Å². The van der Waals surface area contributed by atoms with Gasteiger partial charge in [0.1, 0.15) is 5.75 Å². The van der Waals surface area contributed by atoms with Gasteiger partial charge in [-0.15, -0.1) is 0 Å². The molecule has 1 aromatic carbocycles. The van der Waals surface area contributed by atoms with E-state index in [2.05, 4.69) is 12.2 Å². The van der Waals surface area contributed by atoms with Gasteiger partial charge in [0, 0.05) is 5.54 Å². The van der Waals surface area contributed by atoms with Crippen molar-refractivity contribution in [2.24, 2.45) is 5.73 Å². The fourth-order valence-corrected chi connectivity index (χ4v) is 2.20. The van der Waals surface area contributed by atoms with Gasteiger partial charge in [0.15, 0.2) is 0 Å². The molecule has 1 atom stereocenters. The van der Waals surface area contributed by atoms with E-state index in [9.17, 15) is 9.90 Å². The minimum atomic E-state index is -0.535. The Morgan fingerprint density at radius 2 is 2.06 bits per heavy atom. The lowest BCUT2D eigenvalue weighted by atomic mass is 9.78. The molecule has 1 aliphatic carbocycles. The second-order valence-electron chi connectivity index (χ2n) is 5.38. The fraction of sp³-hybridized carbons (Fsp3) is 0.500. The van der Waals surface area contributed by atoms with Crippen molar-refractivity contribution in [1.29, 1.82) is 0 Å². The molecule has 0 aromatic heterocycles. The average molecular weight is 248 g/mol. The second-order valence-corrected chi connectivity index (χ2v) is 5.38. The van der Waals surface area contributed by atoms with Gasteiger partial charge in [-0.2, -0.15) is 0 Å². The first-order valence-corrected chi connectivity index (χ1v) is 6.34. The third-order valence-electron chi connectivity index (χ3n) is 3.61. The van der Waals surface area contributed by atoms with Crippen molar-refractivity contribution in [2.45, 2.75) is 44.2 Å². The van der Waals surface area contributed by atoms with E-state index in [0.717, 1.165) is 18.4 Å². The molecule has 0 aliphatic heterocycles. The van der Waals surface area contributed by atoms with E-state index < -0.39 is 6.04 Å². The maximum Gasteiger partial charge on any atom is 0.237 e. The first kappa shape index (κ1) is 12.9. The van der Waals surface area contributed by atoms with E-state index in [1.165, 1.54) is 6.42 Å². The molecule has 1 saturated carbocycles. The van der Waals surface area contributed by atoms with Crippen molar-refractivity contribution in [1.82, 2.24) is 5.32 Å². The van der Waals surface area contributed by atoms with Gasteiger partial charge < -0.3 is 16.2 Å². The van der Waals surface area contributed by atoms with Crippen molar-refractivity contribution in [3.05, 3.63) is 29.8 Å². The second kappa shape index (κ2) is 4.98. The van der Waals surface area contributed by atoms with Gasteiger partial charge in [-0.3, -0.25) is 4.79 Å². The maximum absolute atomic E-state index is 11.9. The predicted molar refractivity (Wildman–Crippen MR) is 70.2 cm³/mol. The van der Waals surface area contributed by atoms with Crippen molar-refractivity contribution >= 4 is 5.91 Å². The Morgan fingerprint density at radius 1 is 1.44 bits per heavy atom. The van der Waals surface area contributed by atoms with E-state index >= 15 is 0 Å². The molecule has 0 bridgehead atoms. The molecular formula is C14H20N2O2. The number of rotatable bonds is 4. The standard InChI is InChI=1S/C14H20N2O2/c1-14(7-2-8-14)16-13(18)12(15)9-10-3-5-11(17)6-4-10/h3-6,12,17H,2,7-9,15H2,1H3,(H,16,18)/t12-/m1/s1. The number of nitrogens with one attached hydrogen (secondary N) is 1. The highest BCUT2D eigenvalue weighted by molar-refractivity contribution is 5.82. The summed E-state index contributed by atoms with van der Waals surface area (Å²) < 4.78 is 0. The Labute approximate surface area is 107 Å². The summed E-state index contributed by atoms with van der Waals surface area (Å²) in [6.07, 6.45) is 3.72. The Bertz CT molecular complexity index is 424. The topological polar surface area (TPSA) is 75.4 Å². The molecule has 0 radical (unpaired) electrons. The number of amides is 1. The zero-order valence-corrected chi connectivity index (χ0v) is 10.6. The minimum Gasteiger partial charge on any atom is -0.508 e. The van der Waals surface area contributed by atoms with Crippen LogP contribution in [0, 0.1) is 0 Å². The van der Waals surface area contributed by atoms with Crippen molar-refractivity contribution in [3.8, 4) is 5.75 Å². The molecule has 0 saturated heterocycles. The highest BCUT2D eigenvalue weighted by atomic mass is 16.3. The molecule has 1 fully saturated rings. The summed E-state index contributed by atoms with van der Waals surface area (Å²) in [5.74, 6) is 0.129. The zero-order valence-electron chi connectivity index (χ0n) is 10.6. The molecule has 4 N–H and O–H groups in total. The molecule has 1 aromatic rings. The summed E-state index contributed by atoms with van der Waals surface area (Å²) in [4.78, 5) is 11.9. The van der Waals surface area contributed by atoms with Gasteiger partial charge in [0.2, 0.25) is 5.91 Å². The minimum absolute atomic E-state index is 0.0519. The number of carbonyl (C=O) groups is 1. The molecule has 18 heavy (non-hydrogen) atoms. The molecule has 0 unspecified atom stereocenters. The molecule has 0 heterocycles.